The van der Waals surface area contributed by atoms with Gasteiger partial charge in [-0.1, -0.05) is 18.2 Å². The number of hydrogen-bond donors (Lipinski definition) is 1. The predicted octanol–water partition coefficient (Wildman–Crippen LogP) is 2.08. The van der Waals surface area contributed by atoms with Crippen molar-refractivity contribution in [1.82, 2.24) is 9.97 Å². The van der Waals surface area contributed by atoms with Crippen molar-refractivity contribution in [2.24, 2.45) is 0 Å². The Morgan fingerprint density at radius 3 is 2.76 bits per heavy atom. The van der Waals surface area contributed by atoms with E-state index < -0.39 is 0 Å². The lowest BCUT2D eigenvalue weighted by Gasteiger charge is -1.97. The number of ketones is 1. The molecular formula is C13H10N2O2. The highest BCUT2D eigenvalue weighted by atomic mass is 16.3. The van der Waals surface area contributed by atoms with Gasteiger partial charge in [-0.15, -0.1) is 0 Å². The normalized spacial score (nSPS) is 10.6. The molecule has 0 aliphatic rings. The number of benzene rings is 1. The first-order valence-corrected chi connectivity index (χ1v) is 5.04. The largest absolute Gasteiger partial charge is 0.507 e. The summed E-state index contributed by atoms with van der Waals surface area (Å²) in [6, 6.07) is 6.78. The molecule has 0 bridgehead atoms. The van der Waals surface area contributed by atoms with Crippen LogP contribution in [-0.4, -0.2) is 20.9 Å². The third-order valence-corrected chi connectivity index (χ3v) is 2.17. The maximum absolute atomic E-state index is 11.7. The average Bonchev–Trinajstić information content (AvgIpc) is 2.38. The van der Waals surface area contributed by atoms with Gasteiger partial charge in [0.05, 0.1) is 6.20 Å². The summed E-state index contributed by atoms with van der Waals surface area (Å²) in [6.45, 7) is 0. The van der Waals surface area contributed by atoms with Crippen LogP contribution in [0.15, 0.2) is 48.9 Å². The minimum absolute atomic E-state index is 0.135. The minimum atomic E-state index is -0.249. The highest BCUT2D eigenvalue weighted by molar-refractivity contribution is 6.05. The van der Waals surface area contributed by atoms with Crippen LogP contribution < -0.4 is 0 Å². The number of nitrogens with zero attached hydrogens (tertiary/aromatic N) is 2. The molecule has 4 nitrogen and oxygen atoms in total. The number of aromatic nitrogens is 2. The predicted molar refractivity (Wildman–Crippen MR) is 63.5 cm³/mol. The first kappa shape index (κ1) is 11.0. The number of hydrogen-bond acceptors (Lipinski definition) is 4. The third-order valence-electron chi connectivity index (χ3n) is 2.17. The molecule has 0 atom stereocenters. The second-order valence-corrected chi connectivity index (χ2v) is 3.35. The fourth-order valence-electron chi connectivity index (χ4n) is 1.31. The first-order chi connectivity index (χ1) is 8.27. The molecule has 1 heterocycles. The van der Waals surface area contributed by atoms with Gasteiger partial charge in [-0.3, -0.25) is 9.78 Å². The molecule has 17 heavy (non-hydrogen) atoms. The van der Waals surface area contributed by atoms with Crippen LogP contribution in [0.3, 0.4) is 0 Å². The molecule has 84 valence electrons. The number of phenols is 1. The molecule has 0 unspecified atom stereocenters. The number of para-hydroxylation sites is 1. The van der Waals surface area contributed by atoms with Crippen LogP contribution in [0.2, 0.25) is 0 Å². The number of carbonyl (C=O) groups is 1. The van der Waals surface area contributed by atoms with Crippen LogP contribution >= 0.6 is 0 Å². The second kappa shape index (κ2) is 5.03. The molecule has 0 spiro atoms. The van der Waals surface area contributed by atoms with E-state index in [4.69, 9.17) is 0 Å². The highest BCUT2D eigenvalue weighted by Crippen LogP contribution is 2.17. The summed E-state index contributed by atoms with van der Waals surface area (Å²) < 4.78 is 0. The minimum Gasteiger partial charge on any atom is -0.507 e. The fourth-order valence-corrected chi connectivity index (χ4v) is 1.31. The lowest BCUT2D eigenvalue weighted by atomic mass is 10.1. The number of aromatic hydroxyl groups is 1. The summed E-state index contributed by atoms with van der Waals surface area (Å²) in [6.07, 6.45) is 7.27. The van der Waals surface area contributed by atoms with Crippen molar-refractivity contribution in [2.45, 2.75) is 0 Å². The summed E-state index contributed by atoms with van der Waals surface area (Å²) in [5.41, 5.74) is 0.865. The molecule has 1 aromatic heterocycles. The van der Waals surface area contributed by atoms with Crippen LogP contribution in [-0.2, 0) is 0 Å². The highest BCUT2D eigenvalue weighted by Gasteiger charge is 2.02. The van der Waals surface area contributed by atoms with E-state index in [2.05, 4.69) is 9.97 Å². The van der Waals surface area contributed by atoms with Gasteiger partial charge in [0, 0.05) is 18.0 Å². The molecule has 0 aliphatic heterocycles. The Morgan fingerprint density at radius 2 is 2.06 bits per heavy atom. The van der Waals surface area contributed by atoms with E-state index in [9.17, 15) is 9.90 Å². The maximum atomic E-state index is 11.7. The van der Waals surface area contributed by atoms with Crippen molar-refractivity contribution in [3.05, 3.63) is 60.2 Å². The van der Waals surface area contributed by atoms with Gasteiger partial charge < -0.3 is 5.11 Å². The van der Waals surface area contributed by atoms with Gasteiger partial charge in [0.25, 0.3) is 0 Å². The number of rotatable bonds is 3. The van der Waals surface area contributed by atoms with Gasteiger partial charge in [-0.05, 0) is 18.2 Å². The molecule has 0 saturated carbocycles. The Kier molecular flexibility index (Phi) is 3.25. The molecule has 1 aromatic carbocycles. The SMILES string of the molecule is O=C(/C=C/c1ccccc1O)c1cnccn1. The topological polar surface area (TPSA) is 63.1 Å². The average molecular weight is 226 g/mol. The van der Waals surface area contributed by atoms with E-state index in [1.165, 1.54) is 24.7 Å². The van der Waals surface area contributed by atoms with Crippen molar-refractivity contribution in [2.75, 3.05) is 0 Å². The van der Waals surface area contributed by atoms with Gasteiger partial charge in [-0.2, -0.15) is 0 Å². The molecular weight excluding hydrogens is 216 g/mol. The summed E-state index contributed by atoms with van der Waals surface area (Å²) in [7, 11) is 0. The lowest BCUT2D eigenvalue weighted by molar-refractivity contribution is 0.104. The van der Waals surface area contributed by atoms with Gasteiger partial charge in [0.2, 0.25) is 5.78 Å². The number of carbonyl (C=O) groups excluding carboxylic acids is 1. The fraction of sp³-hybridized carbons (Fsp3) is 0. The van der Waals surface area contributed by atoms with Crippen molar-refractivity contribution in [1.29, 1.82) is 0 Å². The van der Waals surface area contributed by atoms with E-state index in [-0.39, 0.29) is 17.2 Å². The lowest BCUT2D eigenvalue weighted by Crippen LogP contribution is -1.97. The molecule has 0 fully saturated rings. The summed E-state index contributed by atoms with van der Waals surface area (Å²) in [5, 5.41) is 9.50. The zero-order valence-electron chi connectivity index (χ0n) is 8.95. The summed E-state index contributed by atoms with van der Waals surface area (Å²) in [4.78, 5) is 19.4. The maximum Gasteiger partial charge on any atom is 0.205 e. The third kappa shape index (κ3) is 2.75. The van der Waals surface area contributed by atoms with Crippen molar-refractivity contribution < 1.29 is 9.90 Å². The summed E-state index contributed by atoms with van der Waals surface area (Å²) >= 11 is 0. The molecule has 1 N–H and O–H groups in total. The first-order valence-electron chi connectivity index (χ1n) is 5.04. The van der Waals surface area contributed by atoms with Gasteiger partial charge >= 0.3 is 0 Å². The molecule has 0 radical (unpaired) electrons. The Balaban J connectivity index is 2.17. The van der Waals surface area contributed by atoms with Crippen LogP contribution in [0.5, 0.6) is 5.75 Å². The van der Waals surface area contributed by atoms with Crippen LogP contribution in [0.4, 0.5) is 0 Å². The zero-order valence-corrected chi connectivity index (χ0v) is 8.95. The number of phenolic OH excluding ortho intramolecular Hbond substituents is 1. The van der Waals surface area contributed by atoms with Crippen LogP contribution in [0, 0.1) is 0 Å². The van der Waals surface area contributed by atoms with E-state index in [0.717, 1.165) is 0 Å². The van der Waals surface area contributed by atoms with Crippen molar-refractivity contribution in [3.63, 3.8) is 0 Å². The molecule has 2 aromatic rings. The molecule has 0 aliphatic carbocycles. The van der Waals surface area contributed by atoms with E-state index in [0.29, 0.717) is 5.56 Å². The molecule has 0 amide bonds. The Bertz CT molecular complexity index is 550. The zero-order chi connectivity index (χ0) is 12.1. The quantitative estimate of drug-likeness (QED) is 0.642. The van der Waals surface area contributed by atoms with Gasteiger partial charge in [-0.25, -0.2) is 4.98 Å². The number of allylic oxidation sites excluding steroid dienone is 1. The van der Waals surface area contributed by atoms with Crippen LogP contribution in [0.25, 0.3) is 6.08 Å². The Labute approximate surface area is 98.3 Å². The van der Waals surface area contributed by atoms with Crippen LogP contribution in [0.1, 0.15) is 16.1 Å². The second-order valence-electron chi connectivity index (χ2n) is 3.35. The van der Waals surface area contributed by atoms with Gasteiger partial charge in [0.1, 0.15) is 11.4 Å². The Morgan fingerprint density at radius 1 is 1.24 bits per heavy atom. The van der Waals surface area contributed by atoms with Crippen molar-refractivity contribution in [3.8, 4) is 5.75 Å². The molecule has 0 saturated heterocycles. The summed E-state index contributed by atoms with van der Waals surface area (Å²) in [5.74, 6) is -0.114. The molecule has 4 heteroatoms. The monoisotopic (exact) mass is 226 g/mol. The van der Waals surface area contributed by atoms with E-state index in [1.54, 1.807) is 30.3 Å². The molecule has 2 rings (SSSR count). The smallest absolute Gasteiger partial charge is 0.205 e. The standard InChI is InChI=1S/C13H10N2O2/c16-12-4-2-1-3-10(12)5-6-13(17)11-9-14-7-8-15-11/h1-9,16H/b6-5+. The Hall–Kier alpha value is -2.49. The van der Waals surface area contributed by atoms with E-state index >= 15 is 0 Å². The van der Waals surface area contributed by atoms with Gasteiger partial charge in [0.15, 0.2) is 0 Å². The van der Waals surface area contributed by atoms with Crippen molar-refractivity contribution >= 4 is 11.9 Å². The van der Waals surface area contributed by atoms with E-state index in [1.807, 2.05) is 0 Å².